The van der Waals surface area contributed by atoms with E-state index in [0.29, 0.717) is 0 Å². The van der Waals surface area contributed by atoms with Gasteiger partial charge in [0.1, 0.15) is 0 Å². The van der Waals surface area contributed by atoms with Crippen LogP contribution in [-0.4, -0.2) is 12.9 Å². The first kappa shape index (κ1) is 19.0. The van der Waals surface area contributed by atoms with Gasteiger partial charge in [-0.25, -0.2) is 0 Å². The highest BCUT2D eigenvalue weighted by Gasteiger charge is 2.33. The predicted molar refractivity (Wildman–Crippen MR) is 97.5 cm³/mol. The van der Waals surface area contributed by atoms with Gasteiger partial charge in [0.25, 0.3) is 0 Å². The summed E-state index contributed by atoms with van der Waals surface area (Å²) < 4.78 is 39.0. The lowest BCUT2D eigenvalue weighted by molar-refractivity contribution is 0.368. The van der Waals surface area contributed by atoms with Gasteiger partial charge in [-0.1, -0.05) is 42.8 Å². The van der Waals surface area contributed by atoms with Gasteiger partial charge in [0.15, 0.2) is 0 Å². The number of rotatable bonds is 3. The Hall–Kier alpha value is -1.35. The SMILES string of the molecule is F[B-](F)(F)F.c1ccc([PH+](c2ccccc2)C2CCCCC2)cc1. The molecule has 0 radical (unpaired) electrons. The zero-order chi connectivity index (χ0) is 17.4. The van der Waals surface area contributed by atoms with E-state index in [2.05, 4.69) is 60.7 Å². The maximum Gasteiger partial charge on any atom is 0.673 e. The summed E-state index contributed by atoms with van der Waals surface area (Å²) in [5, 5.41) is 3.18. The van der Waals surface area contributed by atoms with Gasteiger partial charge < -0.3 is 17.3 Å². The molecule has 0 N–H and O–H groups in total. The van der Waals surface area contributed by atoms with Crippen LogP contribution in [0.5, 0.6) is 0 Å². The molecule has 0 unspecified atom stereocenters. The molecule has 24 heavy (non-hydrogen) atoms. The summed E-state index contributed by atoms with van der Waals surface area (Å²) in [7, 11) is -6.60. The van der Waals surface area contributed by atoms with Gasteiger partial charge in [-0.15, -0.1) is 0 Å². The van der Waals surface area contributed by atoms with Crippen LogP contribution >= 0.6 is 7.92 Å². The van der Waals surface area contributed by atoms with Crippen molar-refractivity contribution in [1.82, 2.24) is 0 Å². The molecule has 0 aromatic heterocycles. The lowest BCUT2D eigenvalue weighted by Gasteiger charge is -2.24. The van der Waals surface area contributed by atoms with Crippen molar-refractivity contribution in [3.8, 4) is 0 Å². The molecule has 1 fully saturated rings. The topological polar surface area (TPSA) is 0 Å². The van der Waals surface area contributed by atoms with Crippen molar-refractivity contribution in [1.29, 1.82) is 0 Å². The number of hydrogen-bond acceptors (Lipinski definition) is 0. The van der Waals surface area contributed by atoms with E-state index in [1.807, 2.05) is 0 Å². The Balaban J connectivity index is 0.000000368. The van der Waals surface area contributed by atoms with Gasteiger partial charge in [-0.05, 0) is 49.9 Å². The zero-order valence-corrected chi connectivity index (χ0v) is 14.5. The van der Waals surface area contributed by atoms with E-state index in [9.17, 15) is 17.3 Å². The molecule has 2 aromatic carbocycles. The Morgan fingerprint density at radius 1 is 0.667 bits per heavy atom. The zero-order valence-electron chi connectivity index (χ0n) is 13.5. The van der Waals surface area contributed by atoms with Crippen LogP contribution in [-0.2, 0) is 0 Å². The molecule has 1 aliphatic rings. The Morgan fingerprint density at radius 2 is 1.04 bits per heavy atom. The van der Waals surface area contributed by atoms with E-state index in [1.165, 1.54) is 32.1 Å². The number of benzene rings is 2. The molecule has 130 valence electrons. The molecule has 2 aromatic rings. The van der Waals surface area contributed by atoms with E-state index in [1.54, 1.807) is 10.6 Å². The molecule has 0 spiro atoms. The Bertz CT molecular complexity index is 537. The van der Waals surface area contributed by atoms with Crippen molar-refractivity contribution in [2.24, 2.45) is 0 Å². The minimum absolute atomic E-state index is 0.600. The first-order chi connectivity index (χ1) is 11.4. The smallest absolute Gasteiger partial charge is 0.418 e. The molecule has 1 saturated carbocycles. The normalized spacial score (nSPS) is 15.7. The Labute approximate surface area is 142 Å². The largest absolute Gasteiger partial charge is 0.673 e. The summed E-state index contributed by atoms with van der Waals surface area (Å²) in [4.78, 5) is 0. The third-order valence-electron chi connectivity index (χ3n) is 4.18. The standard InChI is InChI=1S/C18H21P.BF4/c1-4-10-16(11-5-1)19(17-12-6-2-7-13-17)18-14-8-3-9-15-18;2-1(3,4)5/h1-2,4-7,10-13,18H,3,8-9,14-15H2;/q;-1/p+1. The molecule has 0 aliphatic heterocycles. The van der Waals surface area contributed by atoms with Crippen LogP contribution in [0.4, 0.5) is 17.3 Å². The fourth-order valence-corrected chi connectivity index (χ4v) is 6.63. The third-order valence-corrected chi connectivity index (χ3v) is 7.49. The molecule has 3 rings (SSSR count). The van der Waals surface area contributed by atoms with Crippen molar-refractivity contribution in [2.75, 3.05) is 0 Å². The second-order valence-corrected chi connectivity index (χ2v) is 8.77. The van der Waals surface area contributed by atoms with Gasteiger partial charge in [-0.2, -0.15) is 0 Å². The van der Waals surface area contributed by atoms with Crippen molar-refractivity contribution in [3.63, 3.8) is 0 Å². The summed E-state index contributed by atoms with van der Waals surface area (Å²) in [5.74, 6) is 0. The first-order valence-electron chi connectivity index (χ1n) is 8.30. The highest BCUT2D eigenvalue weighted by molar-refractivity contribution is 7.73. The summed E-state index contributed by atoms with van der Waals surface area (Å²) in [6.45, 7) is 0. The molecule has 0 heterocycles. The van der Waals surface area contributed by atoms with Gasteiger partial charge >= 0.3 is 7.25 Å². The lowest BCUT2D eigenvalue weighted by atomic mass is 10.0. The molecule has 6 heteroatoms. The van der Waals surface area contributed by atoms with Crippen LogP contribution < -0.4 is 10.6 Å². The van der Waals surface area contributed by atoms with Crippen LogP contribution in [0.3, 0.4) is 0 Å². The minimum atomic E-state index is -6.00. The van der Waals surface area contributed by atoms with Crippen LogP contribution in [0, 0.1) is 0 Å². The van der Waals surface area contributed by atoms with Crippen molar-refractivity contribution in [3.05, 3.63) is 60.7 Å². The Kier molecular flexibility index (Phi) is 7.29. The van der Waals surface area contributed by atoms with Gasteiger partial charge in [0.2, 0.25) is 0 Å². The van der Waals surface area contributed by atoms with Gasteiger partial charge in [-0.3, -0.25) is 0 Å². The van der Waals surface area contributed by atoms with E-state index >= 15 is 0 Å². The molecular weight excluding hydrogens is 334 g/mol. The van der Waals surface area contributed by atoms with Crippen LogP contribution in [0.25, 0.3) is 0 Å². The quantitative estimate of drug-likeness (QED) is 0.388. The van der Waals surface area contributed by atoms with E-state index < -0.39 is 15.2 Å². The Morgan fingerprint density at radius 3 is 1.42 bits per heavy atom. The van der Waals surface area contributed by atoms with Crippen molar-refractivity contribution in [2.45, 2.75) is 37.8 Å². The summed E-state index contributed by atoms with van der Waals surface area (Å²) >= 11 is 0. The second-order valence-electron chi connectivity index (χ2n) is 5.98. The fraction of sp³-hybridized carbons (Fsp3) is 0.333. The van der Waals surface area contributed by atoms with Gasteiger partial charge in [0, 0.05) is 0 Å². The van der Waals surface area contributed by atoms with Crippen LogP contribution in [0.15, 0.2) is 60.7 Å². The summed E-state index contributed by atoms with van der Waals surface area (Å²) in [6.07, 6.45) is 7.16. The molecule has 0 bridgehead atoms. The van der Waals surface area contributed by atoms with E-state index in [-0.39, 0.29) is 0 Å². The second kappa shape index (κ2) is 9.22. The minimum Gasteiger partial charge on any atom is -0.418 e. The molecule has 0 saturated heterocycles. The number of hydrogen-bond donors (Lipinski definition) is 0. The number of halogens is 4. The van der Waals surface area contributed by atoms with Crippen molar-refractivity contribution < 1.29 is 17.3 Å². The predicted octanol–water partition coefficient (Wildman–Crippen LogP) is 5.48. The fourth-order valence-electron chi connectivity index (χ4n) is 3.26. The van der Waals surface area contributed by atoms with Crippen LogP contribution in [0.2, 0.25) is 0 Å². The molecule has 0 atom stereocenters. The average Bonchev–Trinajstić information content (AvgIpc) is 2.57. The highest BCUT2D eigenvalue weighted by Crippen LogP contribution is 2.46. The van der Waals surface area contributed by atoms with Crippen LogP contribution in [0.1, 0.15) is 32.1 Å². The molecular formula is C18H22BF4P. The summed E-state index contributed by atoms with van der Waals surface area (Å²) in [6, 6.07) is 22.4. The maximum absolute atomic E-state index is 9.75. The summed E-state index contributed by atoms with van der Waals surface area (Å²) in [5.41, 5.74) is 0.920. The third kappa shape index (κ3) is 6.64. The lowest BCUT2D eigenvalue weighted by Crippen LogP contribution is -2.23. The van der Waals surface area contributed by atoms with Gasteiger partial charge in [0.05, 0.1) is 24.2 Å². The highest BCUT2D eigenvalue weighted by atomic mass is 31.1. The van der Waals surface area contributed by atoms with E-state index in [4.69, 9.17) is 0 Å². The molecule has 1 aliphatic carbocycles. The van der Waals surface area contributed by atoms with Crippen molar-refractivity contribution >= 4 is 25.8 Å². The monoisotopic (exact) mass is 356 g/mol. The maximum atomic E-state index is 9.75. The molecule has 0 amide bonds. The molecule has 0 nitrogen and oxygen atoms in total. The first-order valence-corrected chi connectivity index (χ1v) is 9.88. The average molecular weight is 356 g/mol. The van der Waals surface area contributed by atoms with E-state index in [0.717, 1.165) is 5.66 Å².